The molecular weight excluding hydrogens is 287 g/mol. The van der Waals surface area contributed by atoms with Crippen molar-refractivity contribution in [2.24, 2.45) is 5.16 Å². The SMILES string of the molecule is CC(C)NC(=O)C1CC(c2ccc(Cl)c(Cl)c2)=NO1. The fraction of sp³-hybridized carbons (Fsp3) is 0.385. The predicted molar refractivity (Wildman–Crippen MR) is 75.8 cm³/mol. The summed E-state index contributed by atoms with van der Waals surface area (Å²) in [5.41, 5.74) is 1.51. The Balaban J connectivity index is 2.05. The zero-order chi connectivity index (χ0) is 14.0. The van der Waals surface area contributed by atoms with Gasteiger partial charge in [-0.05, 0) is 26.0 Å². The molecule has 1 atom stereocenters. The van der Waals surface area contributed by atoms with Crippen molar-refractivity contribution in [1.82, 2.24) is 5.32 Å². The van der Waals surface area contributed by atoms with Crippen molar-refractivity contribution < 1.29 is 9.63 Å². The average molecular weight is 301 g/mol. The van der Waals surface area contributed by atoms with Crippen LogP contribution < -0.4 is 5.32 Å². The summed E-state index contributed by atoms with van der Waals surface area (Å²) in [7, 11) is 0. The third-order valence-electron chi connectivity index (χ3n) is 2.65. The highest BCUT2D eigenvalue weighted by Gasteiger charge is 2.29. The Morgan fingerprint density at radius 3 is 2.79 bits per heavy atom. The van der Waals surface area contributed by atoms with Crippen LogP contribution in [-0.4, -0.2) is 23.8 Å². The molecule has 1 N–H and O–H groups in total. The van der Waals surface area contributed by atoms with E-state index in [1.165, 1.54) is 0 Å². The molecule has 1 aromatic carbocycles. The molecule has 0 saturated heterocycles. The van der Waals surface area contributed by atoms with E-state index in [0.29, 0.717) is 22.2 Å². The zero-order valence-electron chi connectivity index (χ0n) is 10.6. The van der Waals surface area contributed by atoms with Gasteiger partial charge in [-0.2, -0.15) is 0 Å². The summed E-state index contributed by atoms with van der Waals surface area (Å²) >= 11 is 11.8. The standard InChI is InChI=1S/C13H14Cl2N2O2/c1-7(2)16-13(18)12-6-11(17-19-12)8-3-4-9(14)10(15)5-8/h3-5,7,12H,6H2,1-2H3,(H,16,18). The van der Waals surface area contributed by atoms with E-state index in [9.17, 15) is 4.79 Å². The maximum atomic E-state index is 11.8. The van der Waals surface area contributed by atoms with E-state index in [0.717, 1.165) is 5.56 Å². The van der Waals surface area contributed by atoms with E-state index in [4.69, 9.17) is 28.0 Å². The molecule has 6 heteroatoms. The molecule has 1 aliphatic rings. The Bertz CT molecular complexity index is 529. The molecule has 1 aliphatic heterocycles. The number of carbonyl (C=O) groups is 1. The maximum Gasteiger partial charge on any atom is 0.264 e. The van der Waals surface area contributed by atoms with Crippen molar-refractivity contribution >= 4 is 34.8 Å². The molecule has 0 spiro atoms. The quantitative estimate of drug-likeness (QED) is 0.933. The van der Waals surface area contributed by atoms with Crippen molar-refractivity contribution in [3.8, 4) is 0 Å². The number of carbonyl (C=O) groups excluding carboxylic acids is 1. The highest BCUT2D eigenvalue weighted by Crippen LogP contribution is 2.25. The van der Waals surface area contributed by atoms with E-state index in [1.807, 2.05) is 13.8 Å². The first kappa shape index (κ1) is 14.2. The van der Waals surface area contributed by atoms with Crippen molar-refractivity contribution in [3.05, 3.63) is 33.8 Å². The normalized spacial score (nSPS) is 18.2. The van der Waals surface area contributed by atoms with Crippen molar-refractivity contribution in [2.45, 2.75) is 32.4 Å². The van der Waals surface area contributed by atoms with Crippen LogP contribution in [0.2, 0.25) is 10.0 Å². The van der Waals surface area contributed by atoms with Gasteiger partial charge in [0, 0.05) is 18.0 Å². The highest BCUT2D eigenvalue weighted by atomic mass is 35.5. The third-order valence-corrected chi connectivity index (χ3v) is 3.38. The van der Waals surface area contributed by atoms with Crippen LogP contribution in [-0.2, 0) is 9.63 Å². The zero-order valence-corrected chi connectivity index (χ0v) is 12.1. The summed E-state index contributed by atoms with van der Waals surface area (Å²) < 4.78 is 0. The Hall–Kier alpha value is -1.26. The lowest BCUT2D eigenvalue weighted by Gasteiger charge is -2.11. The van der Waals surface area contributed by atoms with Crippen LogP contribution >= 0.6 is 23.2 Å². The summed E-state index contributed by atoms with van der Waals surface area (Å²) in [5.74, 6) is -0.159. The van der Waals surface area contributed by atoms with Gasteiger partial charge in [0.05, 0.1) is 15.8 Å². The van der Waals surface area contributed by atoms with E-state index in [-0.39, 0.29) is 11.9 Å². The summed E-state index contributed by atoms with van der Waals surface area (Å²) in [6.45, 7) is 3.79. The van der Waals surface area contributed by atoms with Gasteiger partial charge in [0.1, 0.15) is 0 Å². The number of hydrogen-bond acceptors (Lipinski definition) is 3. The highest BCUT2D eigenvalue weighted by molar-refractivity contribution is 6.42. The second-order valence-corrected chi connectivity index (χ2v) is 5.44. The molecule has 0 fully saturated rings. The number of halogens is 2. The molecule has 0 radical (unpaired) electrons. The first-order valence-corrected chi connectivity index (χ1v) is 6.71. The molecular formula is C13H14Cl2N2O2. The van der Waals surface area contributed by atoms with Gasteiger partial charge in [-0.15, -0.1) is 0 Å². The van der Waals surface area contributed by atoms with Crippen molar-refractivity contribution in [1.29, 1.82) is 0 Å². The van der Waals surface area contributed by atoms with Gasteiger partial charge in [0.2, 0.25) is 6.10 Å². The first-order valence-electron chi connectivity index (χ1n) is 5.96. The van der Waals surface area contributed by atoms with E-state index in [1.54, 1.807) is 18.2 Å². The van der Waals surface area contributed by atoms with Gasteiger partial charge in [-0.1, -0.05) is 34.4 Å². The number of rotatable bonds is 3. The van der Waals surface area contributed by atoms with E-state index in [2.05, 4.69) is 10.5 Å². The van der Waals surface area contributed by atoms with E-state index < -0.39 is 6.10 Å². The van der Waals surface area contributed by atoms with Crippen molar-refractivity contribution in [3.63, 3.8) is 0 Å². The van der Waals surface area contributed by atoms with Crippen LogP contribution in [0.25, 0.3) is 0 Å². The molecule has 102 valence electrons. The van der Waals surface area contributed by atoms with Gasteiger partial charge in [-0.25, -0.2) is 0 Å². The van der Waals surface area contributed by atoms with Gasteiger partial charge in [0.25, 0.3) is 5.91 Å². The lowest BCUT2D eigenvalue weighted by Crippen LogP contribution is -2.38. The minimum atomic E-state index is -0.577. The smallest absolute Gasteiger partial charge is 0.264 e. The van der Waals surface area contributed by atoms with Crippen LogP contribution in [0.4, 0.5) is 0 Å². The lowest BCUT2D eigenvalue weighted by molar-refractivity contribution is -0.131. The van der Waals surface area contributed by atoms with Gasteiger partial charge >= 0.3 is 0 Å². The molecule has 1 heterocycles. The van der Waals surface area contributed by atoms with Gasteiger partial charge in [-0.3, -0.25) is 4.79 Å². The molecule has 1 amide bonds. The van der Waals surface area contributed by atoms with Crippen LogP contribution in [0, 0.1) is 0 Å². The molecule has 0 bridgehead atoms. The molecule has 0 saturated carbocycles. The predicted octanol–water partition coefficient (Wildman–Crippen LogP) is 3.01. The molecule has 1 unspecified atom stereocenters. The number of benzene rings is 1. The Morgan fingerprint density at radius 1 is 1.42 bits per heavy atom. The van der Waals surface area contributed by atoms with Gasteiger partial charge < -0.3 is 10.2 Å². The Morgan fingerprint density at radius 2 is 2.16 bits per heavy atom. The van der Waals surface area contributed by atoms with Crippen LogP contribution in [0.15, 0.2) is 23.4 Å². The summed E-state index contributed by atoms with van der Waals surface area (Å²) in [4.78, 5) is 16.9. The van der Waals surface area contributed by atoms with Gasteiger partial charge in [0.15, 0.2) is 0 Å². The van der Waals surface area contributed by atoms with Crippen LogP contribution in [0.3, 0.4) is 0 Å². The number of hydrogen-bond donors (Lipinski definition) is 1. The summed E-state index contributed by atoms with van der Waals surface area (Å²) in [6, 6.07) is 5.29. The molecule has 19 heavy (non-hydrogen) atoms. The monoisotopic (exact) mass is 300 g/mol. The topological polar surface area (TPSA) is 50.7 Å². The summed E-state index contributed by atoms with van der Waals surface area (Å²) in [5, 5.41) is 7.67. The van der Waals surface area contributed by atoms with Crippen LogP contribution in [0.1, 0.15) is 25.8 Å². The number of amides is 1. The minimum Gasteiger partial charge on any atom is -0.382 e. The average Bonchev–Trinajstić information content (AvgIpc) is 2.81. The largest absolute Gasteiger partial charge is 0.382 e. The Labute approximate surface area is 121 Å². The van der Waals surface area contributed by atoms with Crippen LogP contribution in [0.5, 0.6) is 0 Å². The maximum absolute atomic E-state index is 11.8. The van der Waals surface area contributed by atoms with Crippen molar-refractivity contribution in [2.75, 3.05) is 0 Å². The second kappa shape index (κ2) is 5.80. The lowest BCUT2D eigenvalue weighted by atomic mass is 10.0. The summed E-state index contributed by atoms with van der Waals surface area (Å²) in [6.07, 6.45) is -0.150. The molecule has 4 nitrogen and oxygen atoms in total. The first-order chi connectivity index (χ1) is 8.97. The minimum absolute atomic E-state index is 0.0742. The Kier molecular flexibility index (Phi) is 4.32. The third kappa shape index (κ3) is 3.39. The molecule has 0 aliphatic carbocycles. The molecule has 0 aromatic heterocycles. The van der Waals surface area contributed by atoms with E-state index >= 15 is 0 Å². The molecule has 1 aromatic rings. The number of nitrogens with zero attached hydrogens (tertiary/aromatic N) is 1. The fourth-order valence-corrected chi connectivity index (χ4v) is 2.04. The number of oxime groups is 1. The number of nitrogens with one attached hydrogen (secondary N) is 1. The molecule has 2 rings (SSSR count). The second-order valence-electron chi connectivity index (χ2n) is 4.63. The fourth-order valence-electron chi connectivity index (χ4n) is 1.74.